The predicted octanol–water partition coefficient (Wildman–Crippen LogP) is 2.51. The van der Waals surface area contributed by atoms with Crippen molar-refractivity contribution in [3.8, 4) is 0 Å². The van der Waals surface area contributed by atoms with Crippen LogP contribution in [0.15, 0.2) is 0 Å². The molecule has 0 aromatic rings. The minimum atomic E-state index is -3.12. The Kier molecular flexibility index (Phi) is 5.54. The Hall–Kier alpha value is 0.200. The van der Waals surface area contributed by atoms with Gasteiger partial charge in [-0.2, -0.15) is 0 Å². The first-order valence-electron chi connectivity index (χ1n) is 6.01. The zero-order chi connectivity index (χ0) is 12.1. The number of hydrogen-bond donors (Lipinski definition) is 1. The van der Waals surface area contributed by atoms with E-state index in [2.05, 4.69) is 11.6 Å². The predicted molar refractivity (Wildman–Crippen MR) is 68.3 cm³/mol. The molecule has 1 fully saturated rings. The molecule has 0 amide bonds. The van der Waals surface area contributed by atoms with Gasteiger partial charge in [0.25, 0.3) is 0 Å². The van der Waals surface area contributed by atoms with Crippen molar-refractivity contribution in [3.05, 3.63) is 0 Å². The molecule has 0 unspecified atom stereocenters. The van der Waals surface area contributed by atoms with Crippen LogP contribution < -0.4 is 4.72 Å². The van der Waals surface area contributed by atoms with Crippen molar-refractivity contribution in [1.82, 2.24) is 4.72 Å². The van der Waals surface area contributed by atoms with Crippen LogP contribution in [0, 0.1) is 5.41 Å². The number of rotatable bonds is 6. The lowest BCUT2D eigenvalue weighted by molar-refractivity contribution is 0.219. The highest BCUT2D eigenvalue weighted by atomic mass is 35.5. The summed E-state index contributed by atoms with van der Waals surface area (Å²) in [4.78, 5) is 0. The summed E-state index contributed by atoms with van der Waals surface area (Å²) in [6.45, 7) is 2.76. The molecule has 0 atom stereocenters. The van der Waals surface area contributed by atoms with Crippen LogP contribution in [0.25, 0.3) is 0 Å². The van der Waals surface area contributed by atoms with E-state index in [9.17, 15) is 8.42 Å². The SMILES string of the molecule is CC1(CNS(=O)(=O)CCCCl)CCCCC1. The fourth-order valence-electron chi connectivity index (χ4n) is 2.18. The number of alkyl halides is 1. The van der Waals surface area contributed by atoms with Crippen LogP contribution in [-0.2, 0) is 10.0 Å². The molecule has 0 saturated heterocycles. The largest absolute Gasteiger partial charge is 0.215 e. The average Bonchev–Trinajstić information content (AvgIpc) is 2.25. The Morgan fingerprint density at radius 3 is 2.44 bits per heavy atom. The lowest BCUT2D eigenvalue weighted by Crippen LogP contribution is -2.38. The molecule has 96 valence electrons. The van der Waals surface area contributed by atoms with Crippen molar-refractivity contribution >= 4 is 21.6 Å². The number of hydrogen-bond acceptors (Lipinski definition) is 2. The van der Waals surface area contributed by atoms with E-state index in [0.29, 0.717) is 18.8 Å². The summed E-state index contributed by atoms with van der Waals surface area (Å²) in [6, 6.07) is 0. The molecule has 16 heavy (non-hydrogen) atoms. The number of sulfonamides is 1. The first-order valence-corrected chi connectivity index (χ1v) is 8.19. The standard InChI is InChI=1S/C11H22ClNO2S/c1-11(6-3-2-4-7-11)10-13-16(14,15)9-5-8-12/h13H,2-10H2,1H3. The molecule has 1 saturated carbocycles. The molecule has 0 bridgehead atoms. The highest BCUT2D eigenvalue weighted by Gasteiger charge is 2.28. The van der Waals surface area contributed by atoms with Gasteiger partial charge in [-0.1, -0.05) is 26.2 Å². The molecule has 0 radical (unpaired) electrons. The van der Waals surface area contributed by atoms with Gasteiger partial charge in [-0.05, 0) is 24.7 Å². The molecule has 1 aliphatic carbocycles. The highest BCUT2D eigenvalue weighted by Crippen LogP contribution is 2.35. The fourth-order valence-corrected chi connectivity index (χ4v) is 3.71. The van der Waals surface area contributed by atoms with Crippen molar-refractivity contribution in [2.75, 3.05) is 18.2 Å². The lowest BCUT2D eigenvalue weighted by Gasteiger charge is -2.33. The first kappa shape index (κ1) is 14.3. The monoisotopic (exact) mass is 267 g/mol. The van der Waals surface area contributed by atoms with Crippen molar-refractivity contribution in [1.29, 1.82) is 0 Å². The Balaban J connectivity index is 2.37. The molecule has 1 aliphatic rings. The second kappa shape index (κ2) is 6.22. The summed E-state index contributed by atoms with van der Waals surface area (Å²) < 4.78 is 25.9. The van der Waals surface area contributed by atoms with Gasteiger partial charge in [-0.25, -0.2) is 13.1 Å². The first-order chi connectivity index (χ1) is 7.47. The Labute approximate surface area is 104 Å². The lowest BCUT2D eigenvalue weighted by atomic mass is 9.76. The van der Waals surface area contributed by atoms with E-state index in [4.69, 9.17) is 11.6 Å². The molecule has 0 aromatic heterocycles. The summed E-state index contributed by atoms with van der Waals surface area (Å²) in [6.07, 6.45) is 6.51. The van der Waals surface area contributed by atoms with Gasteiger partial charge >= 0.3 is 0 Å². The smallest absolute Gasteiger partial charge is 0.211 e. The summed E-state index contributed by atoms with van der Waals surface area (Å²) in [7, 11) is -3.12. The van der Waals surface area contributed by atoms with Crippen LogP contribution >= 0.6 is 11.6 Å². The third kappa shape index (κ3) is 5.02. The topological polar surface area (TPSA) is 46.2 Å². The molecular weight excluding hydrogens is 246 g/mol. The molecule has 5 heteroatoms. The van der Waals surface area contributed by atoms with E-state index in [1.54, 1.807) is 0 Å². The van der Waals surface area contributed by atoms with Crippen molar-refractivity contribution in [2.24, 2.45) is 5.41 Å². The molecule has 0 spiro atoms. The maximum Gasteiger partial charge on any atom is 0.211 e. The van der Waals surface area contributed by atoms with E-state index in [1.165, 1.54) is 19.3 Å². The van der Waals surface area contributed by atoms with Gasteiger partial charge in [0.1, 0.15) is 0 Å². The second-order valence-electron chi connectivity index (χ2n) is 5.05. The summed E-state index contributed by atoms with van der Waals surface area (Å²) in [5.74, 6) is 0.546. The maximum absolute atomic E-state index is 11.6. The Morgan fingerprint density at radius 1 is 1.25 bits per heavy atom. The molecule has 1 N–H and O–H groups in total. The van der Waals surface area contributed by atoms with E-state index in [1.807, 2.05) is 0 Å². The molecule has 0 aromatic carbocycles. The molecule has 0 heterocycles. The minimum absolute atomic E-state index is 0.145. The van der Waals surface area contributed by atoms with Gasteiger partial charge in [-0.15, -0.1) is 11.6 Å². The number of halogens is 1. The third-order valence-electron chi connectivity index (χ3n) is 3.33. The normalized spacial score (nSPS) is 20.9. The van der Waals surface area contributed by atoms with Crippen molar-refractivity contribution < 1.29 is 8.42 Å². The van der Waals surface area contributed by atoms with E-state index in [0.717, 1.165) is 12.8 Å². The van der Waals surface area contributed by atoms with Crippen molar-refractivity contribution in [2.45, 2.75) is 45.4 Å². The van der Waals surface area contributed by atoms with Crippen molar-refractivity contribution in [3.63, 3.8) is 0 Å². The van der Waals surface area contributed by atoms with Gasteiger partial charge < -0.3 is 0 Å². The molecule has 0 aliphatic heterocycles. The highest BCUT2D eigenvalue weighted by molar-refractivity contribution is 7.89. The van der Waals surface area contributed by atoms with Crippen LogP contribution in [0.2, 0.25) is 0 Å². The van der Waals surface area contributed by atoms with Gasteiger partial charge in [0, 0.05) is 12.4 Å². The molecule has 1 rings (SSSR count). The van der Waals surface area contributed by atoms with E-state index in [-0.39, 0.29) is 11.2 Å². The zero-order valence-corrected chi connectivity index (χ0v) is 11.5. The summed E-state index contributed by atoms with van der Waals surface area (Å²) >= 11 is 5.49. The quantitative estimate of drug-likeness (QED) is 0.752. The fraction of sp³-hybridized carbons (Fsp3) is 1.00. The van der Waals surface area contributed by atoms with Gasteiger partial charge in [0.05, 0.1) is 5.75 Å². The van der Waals surface area contributed by atoms with Gasteiger partial charge in [-0.3, -0.25) is 0 Å². The molecular formula is C11H22ClNO2S. The molecule has 3 nitrogen and oxygen atoms in total. The van der Waals surface area contributed by atoms with Gasteiger partial charge in [0.2, 0.25) is 10.0 Å². The summed E-state index contributed by atoms with van der Waals surface area (Å²) in [5.41, 5.74) is 0.159. The van der Waals surface area contributed by atoms with Crippen LogP contribution in [-0.4, -0.2) is 26.6 Å². The third-order valence-corrected chi connectivity index (χ3v) is 5.00. The summed E-state index contributed by atoms with van der Waals surface area (Å²) in [5, 5.41) is 0. The average molecular weight is 268 g/mol. The van der Waals surface area contributed by atoms with E-state index >= 15 is 0 Å². The number of nitrogens with one attached hydrogen (secondary N) is 1. The maximum atomic E-state index is 11.6. The van der Waals surface area contributed by atoms with E-state index < -0.39 is 10.0 Å². The Morgan fingerprint density at radius 2 is 1.88 bits per heavy atom. The second-order valence-corrected chi connectivity index (χ2v) is 7.36. The zero-order valence-electron chi connectivity index (χ0n) is 9.97. The van der Waals surface area contributed by atoms with Crippen LogP contribution in [0.5, 0.6) is 0 Å². The van der Waals surface area contributed by atoms with Crippen LogP contribution in [0.3, 0.4) is 0 Å². The van der Waals surface area contributed by atoms with Crippen LogP contribution in [0.1, 0.15) is 45.4 Å². The Bertz CT molecular complexity index is 297. The van der Waals surface area contributed by atoms with Gasteiger partial charge in [0.15, 0.2) is 0 Å². The minimum Gasteiger partial charge on any atom is -0.215 e. The van der Waals surface area contributed by atoms with Crippen LogP contribution in [0.4, 0.5) is 0 Å².